The Morgan fingerprint density at radius 3 is 2.81 bits per heavy atom. The molecule has 3 rings (SSSR count). The molecule has 0 saturated carbocycles. The number of carbonyl (C=O) groups excluding carboxylic acids is 1. The minimum Gasteiger partial charge on any atom is -0.468 e. The molecule has 2 heterocycles. The number of nitrogens with zero attached hydrogens (tertiary/aromatic N) is 1. The van der Waals surface area contributed by atoms with Crippen LogP contribution in [0.3, 0.4) is 0 Å². The Labute approximate surface area is 151 Å². The van der Waals surface area contributed by atoms with Gasteiger partial charge in [0.2, 0.25) is 5.91 Å². The lowest BCUT2D eigenvalue weighted by molar-refractivity contribution is -0.118. The summed E-state index contributed by atoms with van der Waals surface area (Å²) in [6, 6.07) is 7.82. The van der Waals surface area contributed by atoms with Gasteiger partial charge in [-0.05, 0) is 43.2 Å². The monoisotopic (exact) mass is 380 g/mol. The summed E-state index contributed by atoms with van der Waals surface area (Å²) in [7, 11) is -3.09. The standard InChI is InChI=1S/C18H21FN2O4S/c1-13-4-5-17(16(19)9-13)20-18(22)11-21(10-15-3-2-7-25-15)14-6-8-26(23,24)12-14/h2-5,7,9,14H,6,8,10-12H2,1H3,(H,20,22)/t14-/m1/s1. The summed E-state index contributed by atoms with van der Waals surface area (Å²) < 4.78 is 42.9. The summed E-state index contributed by atoms with van der Waals surface area (Å²) in [6.07, 6.45) is 2.00. The Morgan fingerprint density at radius 2 is 2.19 bits per heavy atom. The first-order valence-electron chi connectivity index (χ1n) is 8.35. The van der Waals surface area contributed by atoms with Crippen molar-refractivity contribution < 1.29 is 22.0 Å². The van der Waals surface area contributed by atoms with Crippen LogP contribution in [0.2, 0.25) is 0 Å². The number of furan rings is 1. The summed E-state index contributed by atoms with van der Waals surface area (Å²) in [6.45, 7) is 2.03. The van der Waals surface area contributed by atoms with Gasteiger partial charge < -0.3 is 9.73 Å². The largest absolute Gasteiger partial charge is 0.468 e. The number of amides is 1. The highest BCUT2D eigenvalue weighted by atomic mass is 32.2. The van der Waals surface area contributed by atoms with Crippen LogP contribution in [-0.4, -0.2) is 43.3 Å². The summed E-state index contributed by atoms with van der Waals surface area (Å²) in [5, 5.41) is 2.56. The minimum absolute atomic E-state index is 0.0138. The Morgan fingerprint density at radius 1 is 1.38 bits per heavy atom. The number of sulfone groups is 1. The Hall–Kier alpha value is -2.19. The zero-order valence-corrected chi connectivity index (χ0v) is 15.3. The van der Waals surface area contributed by atoms with E-state index in [0.29, 0.717) is 18.7 Å². The summed E-state index contributed by atoms with van der Waals surface area (Å²) in [5.74, 6) is -0.132. The van der Waals surface area contributed by atoms with Crippen molar-refractivity contribution in [3.63, 3.8) is 0 Å². The maximum absolute atomic E-state index is 13.9. The molecule has 0 bridgehead atoms. The molecule has 1 aliphatic rings. The first-order chi connectivity index (χ1) is 12.3. The van der Waals surface area contributed by atoms with E-state index in [-0.39, 0.29) is 29.8 Å². The van der Waals surface area contributed by atoms with E-state index in [9.17, 15) is 17.6 Å². The van der Waals surface area contributed by atoms with E-state index in [0.717, 1.165) is 5.56 Å². The molecule has 2 aromatic rings. The van der Waals surface area contributed by atoms with Crippen LogP contribution in [0.15, 0.2) is 41.0 Å². The average Bonchev–Trinajstić information content (AvgIpc) is 3.19. The third-order valence-electron chi connectivity index (χ3n) is 4.41. The van der Waals surface area contributed by atoms with Crippen molar-refractivity contribution in [3.8, 4) is 0 Å². The summed E-state index contributed by atoms with van der Waals surface area (Å²) in [5.41, 5.74) is 0.869. The molecular formula is C18H21FN2O4S. The van der Waals surface area contributed by atoms with Gasteiger partial charge >= 0.3 is 0 Å². The molecule has 0 radical (unpaired) electrons. The van der Waals surface area contributed by atoms with Gasteiger partial charge in [0.25, 0.3) is 0 Å². The van der Waals surface area contributed by atoms with Gasteiger partial charge in [-0.25, -0.2) is 12.8 Å². The third-order valence-corrected chi connectivity index (χ3v) is 6.16. The smallest absolute Gasteiger partial charge is 0.238 e. The molecule has 0 spiro atoms. The first kappa shape index (κ1) is 18.6. The molecule has 1 N–H and O–H groups in total. The molecule has 0 unspecified atom stereocenters. The average molecular weight is 380 g/mol. The van der Waals surface area contributed by atoms with Gasteiger partial charge in [-0.3, -0.25) is 9.69 Å². The highest BCUT2D eigenvalue weighted by Crippen LogP contribution is 2.21. The molecule has 8 heteroatoms. The number of benzene rings is 1. The van der Waals surface area contributed by atoms with Crippen LogP contribution in [0.25, 0.3) is 0 Å². The molecule has 0 aliphatic carbocycles. The molecular weight excluding hydrogens is 359 g/mol. The van der Waals surface area contributed by atoms with Crippen molar-refractivity contribution in [2.45, 2.75) is 25.9 Å². The number of aryl methyl sites for hydroxylation is 1. The second-order valence-corrected chi connectivity index (χ2v) is 8.80. The van der Waals surface area contributed by atoms with Crippen molar-refractivity contribution in [1.82, 2.24) is 4.90 Å². The van der Waals surface area contributed by atoms with Crippen molar-refractivity contribution in [3.05, 3.63) is 53.7 Å². The zero-order chi connectivity index (χ0) is 18.7. The number of nitrogens with one attached hydrogen (secondary N) is 1. The fraction of sp³-hybridized carbons (Fsp3) is 0.389. The maximum atomic E-state index is 13.9. The summed E-state index contributed by atoms with van der Waals surface area (Å²) >= 11 is 0. The molecule has 1 saturated heterocycles. The van der Waals surface area contributed by atoms with Crippen LogP contribution in [-0.2, 0) is 21.2 Å². The molecule has 140 valence electrons. The Bertz CT molecular complexity index is 881. The van der Waals surface area contributed by atoms with Gasteiger partial charge in [-0.15, -0.1) is 0 Å². The molecule has 26 heavy (non-hydrogen) atoms. The molecule has 6 nitrogen and oxygen atoms in total. The van der Waals surface area contributed by atoms with Gasteiger partial charge in [0.05, 0.1) is 36.5 Å². The predicted molar refractivity (Wildman–Crippen MR) is 95.9 cm³/mol. The topological polar surface area (TPSA) is 79.6 Å². The highest BCUT2D eigenvalue weighted by Gasteiger charge is 2.33. The molecule has 1 aromatic carbocycles. The van der Waals surface area contributed by atoms with Crippen LogP contribution in [0, 0.1) is 12.7 Å². The van der Waals surface area contributed by atoms with E-state index in [1.165, 1.54) is 18.4 Å². The molecule has 1 fully saturated rings. The number of halogens is 1. The SMILES string of the molecule is Cc1ccc(NC(=O)CN(Cc2ccco2)[C@@H]2CCS(=O)(=O)C2)c(F)c1. The number of carbonyl (C=O) groups is 1. The third kappa shape index (κ3) is 4.70. The van der Waals surface area contributed by atoms with Crippen LogP contribution in [0.5, 0.6) is 0 Å². The first-order valence-corrected chi connectivity index (χ1v) is 10.2. The van der Waals surface area contributed by atoms with Crippen molar-refractivity contribution in [2.75, 3.05) is 23.4 Å². The van der Waals surface area contributed by atoms with Gasteiger partial charge in [-0.2, -0.15) is 0 Å². The lowest BCUT2D eigenvalue weighted by atomic mass is 10.2. The van der Waals surface area contributed by atoms with E-state index >= 15 is 0 Å². The van der Waals surface area contributed by atoms with Crippen LogP contribution in [0.4, 0.5) is 10.1 Å². The highest BCUT2D eigenvalue weighted by molar-refractivity contribution is 7.91. The van der Waals surface area contributed by atoms with E-state index in [1.807, 2.05) is 0 Å². The van der Waals surface area contributed by atoms with Crippen LogP contribution < -0.4 is 5.32 Å². The van der Waals surface area contributed by atoms with E-state index in [4.69, 9.17) is 4.42 Å². The number of hydrogen-bond donors (Lipinski definition) is 1. The Kier molecular flexibility index (Phi) is 5.43. The second kappa shape index (κ2) is 7.59. The van der Waals surface area contributed by atoms with Gasteiger partial charge in [0, 0.05) is 6.04 Å². The molecule has 1 atom stereocenters. The van der Waals surface area contributed by atoms with Gasteiger partial charge in [0.1, 0.15) is 11.6 Å². The summed E-state index contributed by atoms with van der Waals surface area (Å²) in [4.78, 5) is 14.2. The zero-order valence-electron chi connectivity index (χ0n) is 14.4. The normalized spacial score (nSPS) is 19.0. The lowest BCUT2D eigenvalue weighted by Crippen LogP contribution is -2.41. The van der Waals surface area contributed by atoms with Gasteiger partial charge in [-0.1, -0.05) is 6.07 Å². The van der Waals surface area contributed by atoms with Gasteiger partial charge in [0.15, 0.2) is 9.84 Å². The number of anilines is 1. The van der Waals surface area contributed by atoms with Crippen molar-refractivity contribution in [2.24, 2.45) is 0 Å². The van der Waals surface area contributed by atoms with E-state index in [1.54, 1.807) is 30.0 Å². The predicted octanol–water partition coefficient (Wildman–Crippen LogP) is 2.35. The van der Waals surface area contributed by atoms with Crippen molar-refractivity contribution >= 4 is 21.4 Å². The van der Waals surface area contributed by atoms with Crippen LogP contribution >= 0.6 is 0 Å². The quantitative estimate of drug-likeness (QED) is 0.832. The molecule has 1 amide bonds. The fourth-order valence-electron chi connectivity index (χ4n) is 3.08. The second-order valence-electron chi connectivity index (χ2n) is 6.57. The van der Waals surface area contributed by atoms with E-state index in [2.05, 4.69) is 5.32 Å². The minimum atomic E-state index is -3.09. The maximum Gasteiger partial charge on any atom is 0.238 e. The van der Waals surface area contributed by atoms with Crippen molar-refractivity contribution in [1.29, 1.82) is 0 Å². The number of rotatable bonds is 6. The number of hydrogen-bond acceptors (Lipinski definition) is 5. The van der Waals surface area contributed by atoms with E-state index < -0.39 is 21.6 Å². The Balaban J connectivity index is 1.71. The fourth-order valence-corrected chi connectivity index (χ4v) is 4.84. The van der Waals surface area contributed by atoms with Crippen LogP contribution in [0.1, 0.15) is 17.7 Å². The molecule has 1 aliphatic heterocycles. The lowest BCUT2D eigenvalue weighted by Gasteiger charge is -2.26. The molecule has 1 aromatic heterocycles.